The second kappa shape index (κ2) is 7.19. The number of benzene rings is 1. The van der Waals surface area contributed by atoms with Crippen LogP contribution in [0.5, 0.6) is 0 Å². The van der Waals surface area contributed by atoms with E-state index in [1.807, 2.05) is 30.9 Å². The molecule has 0 spiro atoms. The molecule has 1 aromatic carbocycles. The summed E-state index contributed by atoms with van der Waals surface area (Å²) in [5, 5.41) is 0. The van der Waals surface area contributed by atoms with Crippen molar-refractivity contribution in [3.05, 3.63) is 69.7 Å². The van der Waals surface area contributed by atoms with E-state index < -0.39 is 0 Å². The van der Waals surface area contributed by atoms with Crippen LogP contribution in [0.1, 0.15) is 45.6 Å². The van der Waals surface area contributed by atoms with Crippen LogP contribution in [0.4, 0.5) is 4.39 Å². The molecule has 0 N–H and O–H groups in total. The van der Waals surface area contributed by atoms with Crippen LogP contribution in [0, 0.1) is 19.7 Å². The summed E-state index contributed by atoms with van der Waals surface area (Å²) < 4.78 is 13.3. The van der Waals surface area contributed by atoms with Gasteiger partial charge in [-0.3, -0.25) is 9.78 Å². The van der Waals surface area contributed by atoms with E-state index in [2.05, 4.69) is 4.98 Å². The van der Waals surface area contributed by atoms with Crippen molar-refractivity contribution in [2.24, 2.45) is 0 Å². The van der Waals surface area contributed by atoms with Crippen LogP contribution in [0.2, 0.25) is 0 Å². The van der Waals surface area contributed by atoms with Crippen molar-refractivity contribution < 1.29 is 9.18 Å². The molecule has 1 amide bonds. The van der Waals surface area contributed by atoms with Crippen molar-refractivity contribution in [1.29, 1.82) is 0 Å². The quantitative estimate of drug-likeness (QED) is 0.646. The lowest BCUT2D eigenvalue weighted by Crippen LogP contribution is -2.31. The van der Waals surface area contributed by atoms with Crippen LogP contribution in [-0.4, -0.2) is 27.3 Å². The fraction of sp³-hybridized carbons (Fsp3) is 0.286. The average Bonchev–Trinajstić information content (AvgIpc) is 3.30. The molecule has 0 saturated carbocycles. The molecule has 2 aromatic heterocycles. The number of hydrogen-bond donors (Lipinski definition) is 0. The topological polar surface area (TPSA) is 46.1 Å². The van der Waals surface area contributed by atoms with E-state index in [9.17, 15) is 9.18 Å². The average molecular weight is 381 g/mol. The van der Waals surface area contributed by atoms with Gasteiger partial charge in [-0.05, 0) is 62.1 Å². The zero-order valence-electron chi connectivity index (χ0n) is 15.3. The monoisotopic (exact) mass is 381 g/mol. The zero-order chi connectivity index (χ0) is 19.0. The van der Waals surface area contributed by atoms with Gasteiger partial charge in [0.2, 0.25) is 0 Å². The Labute approximate surface area is 161 Å². The standard InChI is InChI=1S/C21H20FN3OS/c1-13-10-16(15-5-7-17(22)8-6-15)11-18(24-13)19-4-3-9-25(19)21(26)20-14(2)23-12-27-20/h5-8,10-12,19H,3-4,9H2,1-2H3/t19-/m0/s1. The molecule has 1 aliphatic rings. The summed E-state index contributed by atoms with van der Waals surface area (Å²) >= 11 is 1.39. The molecule has 0 radical (unpaired) electrons. The molecule has 1 atom stereocenters. The van der Waals surface area contributed by atoms with Gasteiger partial charge in [0, 0.05) is 12.2 Å². The largest absolute Gasteiger partial charge is 0.329 e. The predicted molar refractivity (Wildman–Crippen MR) is 104 cm³/mol. The SMILES string of the molecule is Cc1cc(-c2ccc(F)cc2)cc([C@@H]2CCCN2C(=O)c2scnc2C)n1. The van der Waals surface area contributed by atoms with E-state index in [0.717, 1.165) is 47.6 Å². The Bertz CT molecular complexity index is 983. The number of rotatable bonds is 3. The molecular formula is C21H20FN3OS. The van der Waals surface area contributed by atoms with Crippen molar-refractivity contribution in [1.82, 2.24) is 14.9 Å². The van der Waals surface area contributed by atoms with Gasteiger partial charge in [-0.2, -0.15) is 0 Å². The minimum Gasteiger partial charge on any atom is -0.329 e. The summed E-state index contributed by atoms with van der Waals surface area (Å²) in [4.78, 5) is 24.6. The number of aromatic nitrogens is 2. The van der Waals surface area contributed by atoms with Gasteiger partial charge in [-0.1, -0.05) is 12.1 Å². The molecular weight excluding hydrogens is 361 g/mol. The van der Waals surface area contributed by atoms with E-state index in [0.29, 0.717) is 4.88 Å². The summed E-state index contributed by atoms with van der Waals surface area (Å²) in [6.45, 7) is 4.54. The van der Waals surface area contributed by atoms with E-state index in [-0.39, 0.29) is 17.8 Å². The molecule has 0 aliphatic carbocycles. The highest BCUT2D eigenvalue weighted by Gasteiger charge is 2.33. The highest BCUT2D eigenvalue weighted by molar-refractivity contribution is 7.11. The van der Waals surface area contributed by atoms with Gasteiger partial charge < -0.3 is 4.90 Å². The van der Waals surface area contributed by atoms with E-state index in [1.165, 1.54) is 23.5 Å². The van der Waals surface area contributed by atoms with Crippen LogP contribution in [0.15, 0.2) is 41.9 Å². The molecule has 4 nitrogen and oxygen atoms in total. The lowest BCUT2D eigenvalue weighted by molar-refractivity contribution is 0.0737. The fourth-order valence-electron chi connectivity index (χ4n) is 3.63. The molecule has 1 saturated heterocycles. The molecule has 6 heteroatoms. The molecule has 4 rings (SSSR count). The summed E-state index contributed by atoms with van der Waals surface area (Å²) in [6.07, 6.45) is 1.85. The molecule has 27 heavy (non-hydrogen) atoms. The van der Waals surface area contributed by atoms with Crippen LogP contribution in [0.25, 0.3) is 11.1 Å². The first-order valence-electron chi connectivity index (χ1n) is 8.98. The number of aryl methyl sites for hydroxylation is 2. The van der Waals surface area contributed by atoms with Crippen molar-refractivity contribution in [3.8, 4) is 11.1 Å². The Hall–Kier alpha value is -2.60. The number of likely N-dealkylation sites (tertiary alicyclic amines) is 1. The summed E-state index contributed by atoms with van der Waals surface area (Å²) in [7, 11) is 0. The fourth-order valence-corrected chi connectivity index (χ4v) is 4.39. The second-order valence-electron chi connectivity index (χ2n) is 6.85. The van der Waals surface area contributed by atoms with Gasteiger partial charge >= 0.3 is 0 Å². The predicted octanol–water partition coefficient (Wildman–Crippen LogP) is 4.94. The Morgan fingerprint density at radius 1 is 1.19 bits per heavy atom. The molecule has 0 unspecified atom stereocenters. The number of hydrogen-bond acceptors (Lipinski definition) is 4. The number of carbonyl (C=O) groups excluding carboxylic acids is 1. The van der Waals surface area contributed by atoms with Gasteiger partial charge in [0.1, 0.15) is 10.7 Å². The summed E-state index contributed by atoms with van der Waals surface area (Å²) in [5.74, 6) is -0.221. The molecule has 1 fully saturated rings. The lowest BCUT2D eigenvalue weighted by Gasteiger charge is -2.24. The molecule has 0 bridgehead atoms. The first kappa shape index (κ1) is 17.8. The van der Waals surface area contributed by atoms with Crippen molar-refractivity contribution in [2.45, 2.75) is 32.7 Å². The minimum atomic E-state index is -0.253. The third-order valence-electron chi connectivity index (χ3n) is 4.95. The van der Waals surface area contributed by atoms with Crippen LogP contribution < -0.4 is 0 Å². The number of pyridine rings is 1. The van der Waals surface area contributed by atoms with E-state index in [4.69, 9.17) is 4.98 Å². The Morgan fingerprint density at radius 2 is 1.96 bits per heavy atom. The van der Waals surface area contributed by atoms with Gasteiger partial charge in [-0.25, -0.2) is 9.37 Å². The normalized spacial score (nSPS) is 16.7. The van der Waals surface area contributed by atoms with Crippen molar-refractivity contribution in [2.75, 3.05) is 6.54 Å². The number of carbonyl (C=O) groups is 1. The maximum absolute atomic E-state index is 13.3. The van der Waals surface area contributed by atoms with E-state index >= 15 is 0 Å². The smallest absolute Gasteiger partial charge is 0.266 e. The van der Waals surface area contributed by atoms with Gasteiger partial charge in [0.05, 0.1) is 22.9 Å². The maximum atomic E-state index is 13.3. The number of nitrogens with zero attached hydrogens (tertiary/aromatic N) is 3. The molecule has 3 aromatic rings. The Balaban J connectivity index is 1.68. The number of thiazole rings is 1. The second-order valence-corrected chi connectivity index (χ2v) is 7.71. The van der Waals surface area contributed by atoms with Crippen LogP contribution in [-0.2, 0) is 0 Å². The van der Waals surface area contributed by atoms with E-state index in [1.54, 1.807) is 17.6 Å². The van der Waals surface area contributed by atoms with Gasteiger partial charge in [0.25, 0.3) is 5.91 Å². The highest BCUT2D eigenvalue weighted by Crippen LogP contribution is 2.35. The zero-order valence-corrected chi connectivity index (χ0v) is 16.1. The third kappa shape index (κ3) is 3.49. The van der Waals surface area contributed by atoms with Crippen LogP contribution in [0.3, 0.4) is 0 Å². The summed E-state index contributed by atoms with van der Waals surface area (Å²) in [5.41, 5.74) is 6.20. The van der Waals surface area contributed by atoms with Gasteiger partial charge in [-0.15, -0.1) is 11.3 Å². The molecule has 3 heterocycles. The van der Waals surface area contributed by atoms with Crippen molar-refractivity contribution >= 4 is 17.2 Å². The first-order chi connectivity index (χ1) is 13.0. The maximum Gasteiger partial charge on any atom is 0.266 e. The molecule has 1 aliphatic heterocycles. The Morgan fingerprint density at radius 3 is 2.67 bits per heavy atom. The lowest BCUT2D eigenvalue weighted by atomic mass is 10.0. The summed E-state index contributed by atoms with van der Waals surface area (Å²) in [6, 6.07) is 10.4. The van der Waals surface area contributed by atoms with Crippen LogP contribution >= 0.6 is 11.3 Å². The number of halogens is 1. The van der Waals surface area contributed by atoms with Crippen molar-refractivity contribution in [3.63, 3.8) is 0 Å². The molecule has 138 valence electrons. The highest BCUT2D eigenvalue weighted by atomic mass is 32.1. The minimum absolute atomic E-state index is 0.0316. The third-order valence-corrected chi connectivity index (χ3v) is 5.86. The van der Waals surface area contributed by atoms with Gasteiger partial charge in [0.15, 0.2) is 0 Å². The number of amides is 1. The first-order valence-corrected chi connectivity index (χ1v) is 9.86. The Kier molecular flexibility index (Phi) is 4.74.